The lowest BCUT2D eigenvalue weighted by Gasteiger charge is -2.34. The van der Waals surface area contributed by atoms with E-state index in [2.05, 4.69) is 21.1 Å². The lowest BCUT2D eigenvalue weighted by atomic mass is 10.1. The molecule has 26 heavy (non-hydrogen) atoms. The molecule has 2 aromatic heterocycles. The fourth-order valence-electron chi connectivity index (χ4n) is 3.58. The molecule has 0 bridgehead atoms. The Hall–Kier alpha value is -2.08. The third-order valence-corrected chi connectivity index (χ3v) is 5.40. The first-order valence-corrected chi connectivity index (χ1v) is 9.49. The van der Waals surface area contributed by atoms with Crippen LogP contribution >= 0.6 is 11.6 Å². The van der Waals surface area contributed by atoms with Crippen molar-refractivity contribution in [2.45, 2.75) is 13.5 Å². The Labute approximate surface area is 159 Å². The Balaban J connectivity index is 1.72. The van der Waals surface area contributed by atoms with Gasteiger partial charge in [0.25, 0.3) is 0 Å². The Kier molecular flexibility index (Phi) is 4.85. The van der Waals surface area contributed by atoms with Crippen molar-refractivity contribution >= 4 is 22.9 Å². The molecule has 6 heteroatoms. The van der Waals surface area contributed by atoms with Crippen LogP contribution in [0.4, 0.5) is 5.69 Å². The quantitative estimate of drug-likeness (QED) is 0.766. The SMILES string of the molecule is CCN1CCN(Cc2c(-c3ccc(Cl)cc3)nc3ccc(N)cn23)CC1. The molecule has 136 valence electrons. The van der Waals surface area contributed by atoms with E-state index in [1.807, 2.05) is 42.6 Å². The maximum Gasteiger partial charge on any atom is 0.137 e. The minimum atomic E-state index is 0.735. The summed E-state index contributed by atoms with van der Waals surface area (Å²) in [4.78, 5) is 9.86. The van der Waals surface area contributed by atoms with E-state index < -0.39 is 0 Å². The van der Waals surface area contributed by atoms with E-state index in [1.54, 1.807) is 0 Å². The van der Waals surface area contributed by atoms with Gasteiger partial charge in [0.1, 0.15) is 5.65 Å². The molecule has 1 aliphatic rings. The molecule has 0 unspecified atom stereocenters. The van der Waals surface area contributed by atoms with Gasteiger partial charge in [-0.3, -0.25) is 4.90 Å². The molecule has 1 fully saturated rings. The topological polar surface area (TPSA) is 49.8 Å². The third-order valence-electron chi connectivity index (χ3n) is 5.14. The standard InChI is InChI=1S/C20H24ClN5/c1-2-24-9-11-25(12-10-24)14-18-20(15-3-5-16(21)6-4-15)23-19-8-7-17(22)13-26(18)19/h3-8,13H,2,9-12,14,22H2,1H3. The second-order valence-electron chi connectivity index (χ2n) is 6.82. The number of hydrogen-bond donors (Lipinski definition) is 1. The van der Waals surface area contributed by atoms with Gasteiger partial charge in [-0.15, -0.1) is 0 Å². The molecule has 0 radical (unpaired) electrons. The molecule has 3 heterocycles. The summed E-state index contributed by atoms with van der Waals surface area (Å²) in [7, 11) is 0. The number of likely N-dealkylation sites (N-methyl/N-ethyl adjacent to an activating group) is 1. The molecule has 1 saturated heterocycles. The summed E-state index contributed by atoms with van der Waals surface area (Å²) in [5, 5.41) is 0.735. The zero-order chi connectivity index (χ0) is 18.1. The monoisotopic (exact) mass is 369 g/mol. The van der Waals surface area contributed by atoms with E-state index in [0.29, 0.717) is 0 Å². The normalized spacial score (nSPS) is 16.4. The van der Waals surface area contributed by atoms with Crippen molar-refractivity contribution in [2.24, 2.45) is 0 Å². The van der Waals surface area contributed by atoms with Crippen molar-refractivity contribution in [1.82, 2.24) is 19.2 Å². The maximum absolute atomic E-state index is 6.07. The van der Waals surface area contributed by atoms with Crippen molar-refractivity contribution < 1.29 is 0 Å². The van der Waals surface area contributed by atoms with Crippen LogP contribution < -0.4 is 5.73 Å². The van der Waals surface area contributed by atoms with Crippen molar-refractivity contribution in [3.8, 4) is 11.3 Å². The van der Waals surface area contributed by atoms with Gasteiger partial charge in [-0.2, -0.15) is 0 Å². The van der Waals surface area contributed by atoms with Crippen LogP contribution in [0, 0.1) is 0 Å². The Morgan fingerprint density at radius 1 is 1.00 bits per heavy atom. The van der Waals surface area contributed by atoms with Gasteiger partial charge >= 0.3 is 0 Å². The summed E-state index contributed by atoms with van der Waals surface area (Å²) in [6.07, 6.45) is 1.97. The number of nitrogen functional groups attached to an aromatic ring is 1. The van der Waals surface area contributed by atoms with Gasteiger partial charge in [0.15, 0.2) is 0 Å². The predicted molar refractivity (Wildman–Crippen MR) is 107 cm³/mol. The third kappa shape index (κ3) is 3.43. The highest BCUT2D eigenvalue weighted by molar-refractivity contribution is 6.30. The number of fused-ring (bicyclic) bond motifs is 1. The molecule has 3 aromatic rings. The first-order chi connectivity index (χ1) is 12.6. The van der Waals surface area contributed by atoms with E-state index in [-0.39, 0.29) is 0 Å². The van der Waals surface area contributed by atoms with Crippen molar-refractivity contribution in [3.63, 3.8) is 0 Å². The summed E-state index contributed by atoms with van der Waals surface area (Å²) in [6.45, 7) is 8.59. The first kappa shape index (κ1) is 17.3. The molecule has 2 N–H and O–H groups in total. The van der Waals surface area contributed by atoms with Crippen LogP contribution in [-0.2, 0) is 6.54 Å². The highest BCUT2D eigenvalue weighted by Crippen LogP contribution is 2.28. The van der Waals surface area contributed by atoms with E-state index in [4.69, 9.17) is 22.3 Å². The van der Waals surface area contributed by atoms with Crippen LogP contribution in [-0.4, -0.2) is 51.9 Å². The van der Waals surface area contributed by atoms with Gasteiger partial charge in [-0.1, -0.05) is 30.7 Å². The number of anilines is 1. The van der Waals surface area contributed by atoms with E-state index in [1.165, 1.54) is 5.69 Å². The van der Waals surface area contributed by atoms with Crippen LogP contribution in [0.5, 0.6) is 0 Å². The summed E-state index contributed by atoms with van der Waals surface area (Å²) in [5.41, 5.74) is 11.0. The Morgan fingerprint density at radius 2 is 1.69 bits per heavy atom. The summed E-state index contributed by atoms with van der Waals surface area (Å²) in [5.74, 6) is 0. The fraction of sp³-hybridized carbons (Fsp3) is 0.350. The highest BCUT2D eigenvalue weighted by atomic mass is 35.5. The lowest BCUT2D eigenvalue weighted by Crippen LogP contribution is -2.45. The molecule has 0 spiro atoms. The molecular weight excluding hydrogens is 346 g/mol. The van der Waals surface area contributed by atoms with Gasteiger partial charge in [0, 0.05) is 55.2 Å². The molecule has 0 amide bonds. The molecule has 5 nitrogen and oxygen atoms in total. The van der Waals surface area contributed by atoms with Crippen LogP contribution in [0.25, 0.3) is 16.9 Å². The number of aromatic nitrogens is 2. The molecule has 0 aliphatic carbocycles. The summed E-state index contributed by atoms with van der Waals surface area (Å²) >= 11 is 6.07. The number of rotatable bonds is 4. The molecule has 0 atom stereocenters. The Morgan fingerprint density at radius 3 is 2.38 bits per heavy atom. The number of benzene rings is 1. The second kappa shape index (κ2) is 7.27. The van der Waals surface area contributed by atoms with Gasteiger partial charge in [0.2, 0.25) is 0 Å². The summed E-state index contributed by atoms with van der Waals surface area (Å²) in [6, 6.07) is 11.8. The number of nitrogens with zero attached hydrogens (tertiary/aromatic N) is 4. The first-order valence-electron chi connectivity index (χ1n) is 9.11. The van der Waals surface area contributed by atoms with Crippen molar-refractivity contribution in [1.29, 1.82) is 0 Å². The van der Waals surface area contributed by atoms with E-state index in [9.17, 15) is 0 Å². The van der Waals surface area contributed by atoms with Gasteiger partial charge in [-0.25, -0.2) is 4.98 Å². The smallest absolute Gasteiger partial charge is 0.137 e. The van der Waals surface area contributed by atoms with Crippen LogP contribution in [0.2, 0.25) is 5.02 Å². The fourth-order valence-corrected chi connectivity index (χ4v) is 3.70. The molecular formula is C20H24ClN5. The molecule has 1 aliphatic heterocycles. The van der Waals surface area contributed by atoms with Gasteiger partial charge < -0.3 is 15.0 Å². The number of halogens is 1. The minimum absolute atomic E-state index is 0.735. The van der Waals surface area contributed by atoms with E-state index >= 15 is 0 Å². The van der Waals surface area contributed by atoms with Crippen LogP contribution in [0.15, 0.2) is 42.6 Å². The van der Waals surface area contributed by atoms with Crippen LogP contribution in [0.3, 0.4) is 0 Å². The van der Waals surface area contributed by atoms with Gasteiger partial charge in [-0.05, 0) is 30.8 Å². The average Bonchev–Trinajstić information content (AvgIpc) is 3.01. The zero-order valence-corrected chi connectivity index (χ0v) is 15.8. The number of pyridine rings is 1. The largest absolute Gasteiger partial charge is 0.398 e. The van der Waals surface area contributed by atoms with Crippen molar-refractivity contribution in [2.75, 3.05) is 38.5 Å². The number of hydrogen-bond acceptors (Lipinski definition) is 4. The van der Waals surface area contributed by atoms with Gasteiger partial charge in [0.05, 0.1) is 11.4 Å². The lowest BCUT2D eigenvalue weighted by molar-refractivity contribution is 0.131. The molecule has 1 aromatic carbocycles. The maximum atomic E-state index is 6.07. The van der Waals surface area contributed by atoms with E-state index in [0.717, 1.165) is 66.9 Å². The van der Waals surface area contributed by atoms with Crippen LogP contribution in [0.1, 0.15) is 12.6 Å². The Bertz CT molecular complexity index is 894. The number of piperazine rings is 1. The average molecular weight is 370 g/mol. The number of nitrogens with two attached hydrogens (primary N) is 1. The second-order valence-corrected chi connectivity index (χ2v) is 7.25. The number of imidazole rings is 1. The summed E-state index contributed by atoms with van der Waals surface area (Å²) < 4.78 is 2.13. The minimum Gasteiger partial charge on any atom is -0.398 e. The van der Waals surface area contributed by atoms with Crippen molar-refractivity contribution in [3.05, 3.63) is 53.3 Å². The predicted octanol–water partition coefficient (Wildman–Crippen LogP) is 3.37. The zero-order valence-electron chi connectivity index (χ0n) is 15.0. The highest BCUT2D eigenvalue weighted by Gasteiger charge is 2.20. The molecule has 0 saturated carbocycles. The molecule has 4 rings (SSSR count).